The molecule has 0 aromatic heterocycles. The van der Waals surface area contributed by atoms with Crippen molar-refractivity contribution in [3.8, 4) is 6.07 Å². The number of amides is 11. The average molecular weight is 1360 g/mol. The van der Waals surface area contributed by atoms with Gasteiger partial charge in [0.05, 0.1) is 31.5 Å². The molecule has 27 heteroatoms. The zero-order valence-electron chi connectivity index (χ0n) is 62.1. The molecule has 2 fully saturated rings. The highest BCUT2D eigenvalue weighted by molar-refractivity contribution is 6.00. The van der Waals surface area contributed by atoms with Crippen molar-refractivity contribution in [2.45, 2.75) is 254 Å². The monoisotopic (exact) mass is 1360 g/mol. The molecular weight excluding hydrogens is 1230 g/mol. The maximum Gasteiger partial charge on any atom is 0.246 e. The van der Waals surface area contributed by atoms with Crippen molar-refractivity contribution < 1.29 is 67.3 Å². The van der Waals surface area contributed by atoms with Crippen LogP contribution in [0.4, 0.5) is 0 Å². The quantitative estimate of drug-likeness (QED) is 0.0849. The van der Waals surface area contributed by atoms with E-state index in [0.29, 0.717) is 38.9 Å². The lowest BCUT2D eigenvalue weighted by Gasteiger charge is -2.40. The fourth-order valence-corrected chi connectivity index (χ4v) is 12.4. The van der Waals surface area contributed by atoms with Crippen LogP contribution in [0.15, 0.2) is 0 Å². The van der Waals surface area contributed by atoms with Gasteiger partial charge in [-0.3, -0.25) is 57.6 Å². The number of aliphatic hydroxyl groups is 1. The molecule has 27 nitrogen and oxygen atoms in total. The summed E-state index contributed by atoms with van der Waals surface area (Å²) in [6.07, 6.45) is 0.747. The molecule has 2 saturated heterocycles. The maximum absolute atomic E-state index is 15.1. The molecule has 0 unspecified atom stereocenters. The second-order valence-corrected chi connectivity index (χ2v) is 28.7. The Hall–Kier alpha value is -6.50. The predicted molar refractivity (Wildman–Crippen MR) is 366 cm³/mol. The van der Waals surface area contributed by atoms with Crippen molar-refractivity contribution >= 4 is 65.0 Å². The summed E-state index contributed by atoms with van der Waals surface area (Å²) in [7, 11) is 8.46. The number of nitrogens with one attached hydrogen (secondary N) is 5. The molecule has 2 rings (SSSR count). The van der Waals surface area contributed by atoms with Crippen LogP contribution in [0.1, 0.15) is 175 Å². The fraction of sp³-hybridized carbons (Fsp3) is 0.826. The Labute approximate surface area is 573 Å². The maximum atomic E-state index is 15.1. The number of hydrogen-bond acceptors (Lipinski definition) is 16. The summed E-state index contributed by atoms with van der Waals surface area (Å²) in [5.74, 6) is -10.4. The SMILES string of the molecule is CC[C@@H]1NC(=O)[C@H]([C@H](O)[C@H](C)CCCCC#N)NC(=O)[C@H](C(C)C)N(C)C(=O)[C@H](CC(C)C)N(C)C(=O)[C@H](CC(C)C)N(C)C(=O)[C@@H](C)NC(=O)[C@H](C)NC(=O)[C@H](CC(C)C)N(C)C(=O)[C@H](C(C)C)NC(=O)[C@H]([C@@H](C)OCCCCN2CCOCC2)N(C)C(=O)[C@@H](C)N(C)C1=O. The summed E-state index contributed by atoms with van der Waals surface area (Å²) in [5, 5.41) is 35.1. The number of carbonyl (C=O) groups is 11. The zero-order valence-corrected chi connectivity index (χ0v) is 62.1. The number of unbranched alkanes of at least 4 members (excludes halogenated alkanes) is 3. The highest BCUT2D eigenvalue weighted by Crippen LogP contribution is 2.25. The van der Waals surface area contributed by atoms with Gasteiger partial charge in [-0.1, -0.05) is 89.5 Å². The van der Waals surface area contributed by atoms with E-state index < -0.39 is 161 Å². The molecule has 14 atom stereocenters. The van der Waals surface area contributed by atoms with Crippen LogP contribution >= 0.6 is 0 Å². The molecule has 0 spiro atoms. The Bertz CT molecular complexity index is 2610. The van der Waals surface area contributed by atoms with Crippen LogP contribution in [0.2, 0.25) is 0 Å². The first-order valence-corrected chi connectivity index (χ1v) is 34.9. The Morgan fingerprint density at radius 2 is 1.00 bits per heavy atom. The Balaban J connectivity index is 2.98. The molecule has 2 aliphatic rings. The zero-order chi connectivity index (χ0) is 73.3. The van der Waals surface area contributed by atoms with Crippen molar-refractivity contribution in [2.24, 2.45) is 35.5 Å². The van der Waals surface area contributed by atoms with Crippen molar-refractivity contribution in [3.63, 3.8) is 0 Å². The van der Waals surface area contributed by atoms with Gasteiger partial charge in [0.2, 0.25) is 65.0 Å². The van der Waals surface area contributed by atoms with Crippen LogP contribution in [0.25, 0.3) is 0 Å². The Morgan fingerprint density at radius 3 is 1.52 bits per heavy atom. The van der Waals surface area contributed by atoms with Gasteiger partial charge in [0.15, 0.2) is 0 Å². The molecule has 0 aromatic rings. The van der Waals surface area contributed by atoms with Gasteiger partial charge in [-0.05, 0) is 121 Å². The van der Waals surface area contributed by atoms with E-state index >= 15 is 14.4 Å². The van der Waals surface area contributed by atoms with Crippen LogP contribution in [-0.4, -0.2) is 265 Å². The molecule has 0 saturated carbocycles. The number of hydrogen-bond donors (Lipinski definition) is 6. The number of morpholine rings is 1. The van der Waals surface area contributed by atoms with E-state index in [-0.39, 0.29) is 56.5 Å². The molecular formula is C69H123N13O14. The van der Waals surface area contributed by atoms with Crippen LogP contribution < -0.4 is 26.6 Å². The predicted octanol–water partition coefficient (Wildman–Crippen LogP) is 2.90. The summed E-state index contributed by atoms with van der Waals surface area (Å²) in [5.41, 5.74) is 0. The number of ether oxygens (including phenoxy) is 2. The van der Waals surface area contributed by atoms with E-state index in [1.54, 1.807) is 48.5 Å². The summed E-state index contributed by atoms with van der Waals surface area (Å²) in [6.45, 7) is 31.1. The van der Waals surface area contributed by atoms with Gasteiger partial charge in [-0.15, -0.1) is 0 Å². The van der Waals surface area contributed by atoms with Gasteiger partial charge >= 0.3 is 0 Å². The lowest BCUT2D eigenvalue weighted by Crippen LogP contribution is -2.64. The number of aliphatic hydroxyl groups excluding tert-OH is 1. The molecule has 0 aromatic carbocycles. The molecule has 0 bridgehead atoms. The van der Waals surface area contributed by atoms with Crippen molar-refractivity contribution in [2.75, 3.05) is 81.7 Å². The standard InChI is InChI=1S/C69H123N13O14/c1-23-50-66(91)76(17)48(15)65(90)81(22)57(49(16)96-34-28-27-31-82-32-35-95-36-33-82)63(88)74-54(43(8)9)69(94)77(18)51(37-40(2)3)60(85)71-46(13)59(84)72-47(14)64(89)78(19)52(38-41(4)5)67(92)79(20)53(39-42(6)7)68(93)80(21)56(44(10)11)62(87)75-55(61(86)73-50)58(83)45(12)29-25-24-26-30-70/h40-58,83H,23-29,31-39H2,1-22H3,(H,71,85)(H,72,84)(H,73,86)(H,74,88)(H,75,87)/t45-,46+,47-,48-,49-,50+,51+,52+,53+,54+,55+,56+,57+,58-/m1/s1. The van der Waals surface area contributed by atoms with E-state index in [0.717, 1.165) is 35.9 Å². The first-order valence-electron chi connectivity index (χ1n) is 34.9. The lowest BCUT2D eigenvalue weighted by atomic mass is 9.91. The summed E-state index contributed by atoms with van der Waals surface area (Å²) < 4.78 is 11.8. The first-order chi connectivity index (χ1) is 44.8. The van der Waals surface area contributed by atoms with E-state index in [1.165, 1.54) is 82.7 Å². The molecule has 11 amide bonds. The Morgan fingerprint density at radius 1 is 0.510 bits per heavy atom. The minimum atomic E-state index is -1.72. The van der Waals surface area contributed by atoms with E-state index in [9.17, 15) is 48.7 Å². The van der Waals surface area contributed by atoms with Gasteiger partial charge in [0, 0.05) is 68.4 Å². The molecule has 0 radical (unpaired) electrons. The molecule has 96 heavy (non-hydrogen) atoms. The first kappa shape index (κ1) is 85.6. The smallest absolute Gasteiger partial charge is 0.246 e. The van der Waals surface area contributed by atoms with Gasteiger partial charge < -0.3 is 70.6 Å². The highest BCUT2D eigenvalue weighted by atomic mass is 16.5. The summed E-state index contributed by atoms with van der Waals surface area (Å²) in [4.78, 5) is 172. The van der Waals surface area contributed by atoms with Gasteiger partial charge in [0.1, 0.15) is 66.5 Å². The summed E-state index contributed by atoms with van der Waals surface area (Å²) in [6, 6.07) is -12.3. The molecule has 2 aliphatic heterocycles. The fourth-order valence-electron chi connectivity index (χ4n) is 12.4. The number of likely N-dealkylation sites (N-methyl/N-ethyl adjacent to an activating group) is 6. The van der Waals surface area contributed by atoms with Gasteiger partial charge in [-0.2, -0.15) is 5.26 Å². The van der Waals surface area contributed by atoms with Gasteiger partial charge in [-0.25, -0.2) is 0 Å². The molecule has 6 N–H and O–H groups in total. The molecule has 2 heterocycles. The normalized spacial score (nSPS) is 27.1. The highest BCUT2D eigenvalue weighted by Gasteiger charge is 2.45. The second kappa shape index (κ2) is 41.0. The average Bonchev–Trinajstić information content (AvgIpc) is 0.881. The molecule has 548 valence electrons. The number of nitriles is 1. The van der Waals surface area contributed by atoms with Crippen molar-refractivity contribution in [1.82, 2.24) is 60.9 Å². The third kappa shape index (κ3) is 25.1. The third-order valence-corrected chi connectivity index (χ3v) is 18.6. The van der Waals surface area contributed by atoms with Gasteiger partial charge in [0.25, 0.3) is 0 Å². The van der Waals surface area contributed by atoms with Crippen LogP contribution in [0.5, 0.6) is 0 Å². The van der Waals surface area contributed by atoms with Crippen molar-refractivity contribution in [1.29, 1.82) is 5.26 Å². The Kier molecular flexibility index (Phi) is 36.6. The van der Waals surface area contributed by atoms with Crippen LogP contribution in [0.3, 0.4) is 0 Å². The van der Waals surface area contributed by atoms with Crippen LogP contribution in [-0.2, 0) is 62.2 Å². The van der Waals surface area contributed by atoms with E-state index in [4.69, 9.17) is 9.47 Å². The van der Waals surface area contributed by atoms with E-state index in [2.05, 4.69) is 37.6 Å². The summed E-state index contributed by atoms with van der Waals surface area (Å²) >= 11 is 0. The molecule has 0 aliphatic carbocycles. The topological polar surface area (TPSA) is 333 Å². The third-order valence-electron chi connectivity index (χ3n) is 18.6. The number of carbonyl (C=O) groups excluding carboxylic acids is 11. The minimum Gasteiger partial charge on any atom is -0.390 e. The lowest BCUT2D eigenvalue weighted by molar-refractivity contribution is -0.154. The van der Waals surface area contributed by atoms with E-state index in [1.807, 2.05) is 41.5 Å². The number of rotatable bonds is 22. The second-order valence-electron chi connectivity index (χ2n) is 28.7. The number of nitrogens with zero attached hydrogens (tertiary/aromatic N) is 8. The van der Waals surface area contributed by atoms with Crippen molar-refractivity contribution in [3.05, 3.63) is 0 Å². The largest absolute Gasteiger partial charge is 0.390 e. The minimum absolute atomic E-state index is 0.0310. The van der Waals surface area contributed by atoms with Crippen LogP contribution in [0, 0.1) is 46.8 Å².